The molecule has 2 N–H and O–H groups in total. The quantitative estimate of drug-likeness (QED) is 0.864. The number of likely N-dealkylation sites (tertiary alicyclic amines) is 1. The van der Waals surface area contributed by atoms with E-state index in [1.165, 1.54) is 6.07 Å². The first-order valence-corrected chi connectivity index (χ1v) is 9.33. The Morgan fingerprint density at radius 3 is 2.70 bits per heavy atom. The highest BCUT2D eigenvalue weighted by molar-refractivity contribution is 5.95. The molecule has 1 aliphatic heterocycles. The fourth-order valence-corrected chi connectivity index (χ4v) is 3.40. The number of carbonyl (C=O) groups excluding carboxylic acids is 1. The van der Waals surface area contributed by atoms with Gasteiger partial charge in [0.1, 0.15) is 5.82 Å². The number of aryl methyl sites for hydroxylation is 1. The third kappa shape index (κ3) is 4.67. The fourth-order valence-electron chi connectivity index (χ4n) is 3.40. The second kappa shape index (κ2) is 8.24. The van der Waals surface area contributed by atoms with E-state index >= 15 is 0 Å². The second-order valence-electron chi connectivity index (χ2n) is 7.23. The van der Waals surface area contributed by atoms with E-state index in [9.17, 15) is 9.59 Å². The molecule has 1 atom stereocenters. The number of aromatic nitrogens is 2. The summed E-state index contributed by atoms with van der Waals surface area (Å²) in [6, 6.07) is 7.38. The third-order valence-corrected chi connectivity index (χ3v) is 4.94. The minimum Gasteiger partial charge on any atom is -0.381 e. The molecular formula is C20H27N5O2. The normalized spacial score (nSPS) is 17.3. The predicted octanol–water partition coefficient (Wildman–Crippen LogP) is 2.25. The number of anilines is 2. The first-order chi connectivity index (χ1) is 12.9. The molecule has 0 bridgehead atoms. The van der Waals surface area contributed by atoms with Gasteiger partial charge in [0.25, 0.3) is 5.91 Å². The summed E-state index contributed by atoms with van der Waals surface area (Å²) < 4.78 is 0. The summed E-state index contributed by atoms with van der Waals surface area (Å²) >= 11 is 0. The largest absolute Gasteiger partial charge is 0.381 e. The maximum absolute atomic E-state index is 12.8. The average molecular weight is 369 g/mol. The minimum atomic E-state index is -0.182. The fraction of sp³-hybridized carbons (Fsp3) is 0.450. The van der Waals surface area contributed by atoms with Gasteiger partial charge < -0.3 is 20.1 Å². The van der Waals surface area contributed by atoms with Gasteiger partial charge in [0, 0.05) is 45.0 Å². The van der Waals surface area contributed by atoms with Crippen LogP contribution in [-0.4, -0.2) is 54.0 Å². The molecule has 2 aromatic heterocycles. The summed E-state index contributed by atoms with van der Waals surface area (Å²) in [7, 11) is 3.94. The summed E-state index contributed by atoms with van der Waals surface area (Å²) in [5.74, 6) is 0.913. The Bertz CT molecular complexity index is 844. The molecule has 1 aliphatic rings. The van der Waals surface area contributed by atoms with E-state index in [4.69, 9.17) is 0 Å². The van der Waals surface area contributed by atoms with Crippen LogP contribution >= 0.6 is 0 Å². The Balaban J connectivity index is 1.61. The van der Waals surface area contributed by atoms with Crippen LogP contribution in [-0.2, 0) is 0 Å². The molecule has 0 radical (unpaired) electrons. The number of aromatic amines is 1. The summed E-state index contributed by atoms with van der Waals surface area (Å²) in [4.78, 5) is 35.2. The molecule has 2 aromatic rings. The van der Waals surface area contributed by atoms with Gasteiger partial charge in [-0.3, -0.25) is 9.59 Å². The number of pyridine rings is 2. The van der Waals surface area contributed by atoms with Crippen molar-refractivity contribution in [2.45, 2.75) is 32.2 Å². The van der Waals surface area contributed by atoms with Crippen LogP contribution in [0.15, 0.2) is 35.3 Å². The monoisotopic (exact) mass is 369 g/mol. The molecule has 1 saturated heterocycles. The van der Waals surface area contributed by atoms with Gasteiger partial charge in [-0.15, -0.1) is 0 Å². The summed E-state index contributed by atoms with van der Waals surface area (Å²) in [5.41, 5.74) is 2.02. The molecule has 0 saturated carbocycles. The molecule has 144 valence electrons. The highest BCUT2D eigenvalue weighted by atomic mass is 16.2. The Hall–Kier alpha value is -2.83. The Morgan fingerprint density at radius 2 is 2.04 bits per heavy atom. The maximum Gasteiger partial charge on any atom is 0.255 e. The van der Waals surface area contributed by atoms with Crippen molar-refractivity contribution in [2.75, 3.05) is 37.4 Å². The van der Waals surface area contributed by atoms with Crippen LogP contribution in [0.3, 0.4) is 0 Å². The van der Waals surface area contributed by atoms with Crippen LogP contribution in [0.5, 0.6) is 0 Å². The highest BCUT2D eigenvalue weighted by Gasteiger charge is 2.22. The highest BCUT2D eigenvalue weighted by Crippen LogP contribution is 2.19. The van der Waals surface area contributed by atoms with Gasteiger partial charge in [0.15, 0.2) is 0 Å². The van der Waals surface area contributed by atoms with Gasteiger partial charge >= 0.3 is 0 Å². The molecule has 0 spiro atoms. The van der Waals surface area contributed by atoms with E-state index in [2.05, 4.69) is 15.3 Å². The SMILES string of the molecule is Cc1[nH]c(=O)ccc1C(=O)N1CCC[C@@H](Nc2ccc(N(C)C)nc2)CC1. The Labute approximate surface area is 159 Å². The van der Waals surface area contributed by atoms with Crippen LogP contribution < -0.4 is 15.8 Å². The third-order valence-electron chi connectivity index (χ3n) is 4.94. The Morgan fingerprint density at radius 1 is 1.22 bits per heavy atom. The number of amides is 1. The molecule has 3 heterocycles. The van der Waals surface area contributed by atoms with Crippen molar-refractivity contribution in [3.63, 3.8) is 0 Å². The van der Waals surface area contributed by atoms with Crippen LogP contribution in [0.1, 0.15) is 35.3 Å². The van der Waals surface area contributed by atoms with Crippen molar-refractivity contribution in [3.8, 4) is 0 Å². The summed E-state index contributed by atoms with van der Waals surface area (Å²) in [6.45, 7) is 3.19. The number of nitrogens with one attached hydrogen (secondary N) is 2. The van der Waals surface area contributed by atoms with E-state index in [0.29, 0.717) is 23.8 Å². The lowest BCUT2D eigenvalue weighted by molar-refractivity contribution is 0.0760. The van der Waals surface area contributed by atoms with Crippen molar-refractivity contribution in [1.82, 2.24) is 14.9 Å². The van der Waals surface area contributed by atoms with Crippen LogP contribution in [0.2, 0.25) is 0 Å². The van der Waals surface area contributed by atoms with Gasteiger partial charge in [0.2, 0.25) is 5.56 Å². The first kappa shape index (κ1) is 18.9. The zero-order chi connectivity index (χ0) is 19.4. The van der Waals surface area contributed by atoms with Crippen LogP contribution in [0.4, 0.5) is 11.5 Å². The van der Waals surface area contributed by atoms with Crippen molar-refractivity contribution in [1.29, 1.82) is 0 Å². The van der Waals surface area contributed by atoms with E-state index < -0.39 is 0 Å². The second-order valence-corrected chi connectivity index (χ2v) is 7.23. The van der Waals surface area contributed by atoms with Gasteiger partial charge in [0.05, 0.1) is 17.4 Å². The molecule has 3 rings (SSSR count). The van der Waals surface area contributed by atoms with E-state index in [0.717, 1.165) is 37.3 Å². The summed E-state index contributed by atoms with van der Waals surface area (Å²) in [5, 5.41) is 3.54. The van der Waals surface area contributed by atoms with Crippen molar-refractivity contribution >= 4 is 17.4 Å². The zero-order valence-corrected chi connectivity index (χ0v) is 16.2. The number of hydrogen-bond donors (Lipinski definition) is 2. The van der Waals surface area contributed by atoms with Gasteiger partial charge in [-0.25, -0.2) is 4.98 Å². The number of rotatable bonds is 4. The number of hydrogen-bond acceptors (Lipinski definition) is 5. The molecule has 7 nitrogen and oxygen atoms in total. The van der Waals surface area contributed by atoms with Gasteiger partial charge in [-0.2, -0.15) is 0 Å². The molecule has 0 aromatic carbocycles. The van der Waals surface area contributed by atoms with Crippen LogP contribution in [0, 0.1) is 6.92 Å². The molecule has 1 amide bonds. The van der Waals surface area contributed by atoms with E-state index in [1.54, 1.807) is 13.0 Å². The lowest BCUT2D eigenvalue weighted by Gasteiger charge is -2.22. The molecular weight excluding hydrogens is 342 g/mol. The lowest BCUT2D eigenvalue weighted by Crippen LogP contribution is -2.33. The van der Waals surface area contributed by atoms with E-state index in [-0.39, 0.29) is 11.5 Å². The topological polar surface area (TPSA) is 81.3 Å². The van der Waals surface area contributed by atoms with E-state index in [1.807, 2.05) is 42.2 Å². The summed E-state index contributed by atoms with van der Waals surface area (Å²) in [6.07, 6.45) is 4.68. The van der Waals surface area contributed by atoms with Gasteiger partial charge in [-0.05, 0) is 44.4 Å². The zero-order valence-electron chi connectivity index (χ0n) is 16.2. The molecule has 1 fully saturated rings. The Kier molecular flexibility index (Phi) is 5.78. The predicted molar refractivity (Wildman–Crippen MR) is 108 cm³/mol. The molecule has 7 heteroatoms. The van der Waals surface area contributed by atoms with Crippen molar-refractivity contribution < 1.29 is 4.79 Å². The van der Waals surface area contributed by atoms with Crippen molar-refractivity contribution in [3.05, 3.63) is 52.1 Å². The molecule has 27 heavy (non-hydrogen) atoms. The number of H-pyrrole nitrogens is 1. The lowest BCUT2D eigenvalue weighted by atomic mass is 10.1. The first-order valence-electron chi connectivity index (χ1n) is 9.33. The standard InChI is InChI=1S/C20H27N5O2/c1-14-17(7-9-19(26)22-14)20(27)25-11-4-5-15(10-12-25)23-16-6-8-18(21-13-16)24(2)3/h6-9,13,15,23H,4-5,10-12H2,1-3H3,(H,22,26)/t15-/m1/s1. The van der Waals surface area contributed by atoms with Crippen LogP contribution in [0.25, 0.3) is 0 Å². The minimum absolute atomic E-state index is 0.0126. The van der Waals surface area contributed by atoms with Gasteiger partial charge in [-0.1, -0.05) is 0 Å². The smallest absolute Gasteiger partial charge is 0.255 e. The average Bonchev–Trinajstić information content (AvgIpc) is 2.87. The van der Waals surface area contributed by atoms with Crippen molar-refractivity contribution in [2.24, 2.45) is 0 Å². The molecule has 0 aliphatic carbocycles. The number of carbonyl (C=O) groups is 1. The number of nitrogens with zero attached hydrogens (tertiary/aromatic N) is 3. The molecule has 0 unspecified atom stereocenters. The maximum atomic E-state index is 12.8.